The molecule has 0 spiro atoms. The molecule has 1 aromatic carbocycles. The lowest BCUT2D eigenvalue weighted by atomic mass is 10.1. The number of carbonyl (C=O) groups excluding carboxylic acids is 1. The van der Waals surface area contributed by atoms with Crippen LogP contribution in [0, 0.1) is 0 Å². The summed E-state index contributed by atoms with van der Waals surface area (Å²) in [6.07, 6.45) is 4.93. The maximum absolute atomic E-state index is 12.9. The van der Waals surface area contributed by atoms with E-state index in [1.165, 1.54) is 28.6 Å². The second-order valence-corrected chi connectivity index (χ2v) is 7.33. The number of carbonyl (C=O) groups is 1. The molecule has 1 atom stereocenters. The van der Waals surface area contributed by atoms with Gasteiger partial charge >= 0.3 is 0 Å². The van der Waals surface area contributed by atoms with Gasteiger partial charge in [0.05, 0.1) is 10.9 Å². The zero-order valence-electron chi connectivity index (χ0n) is 12.4. The summed E-state index contributed by atoms with van der Waals surface area (Å²) in [4.78, 5) is 15.3. The first-order chi connectivity index (χ1) is 11.0. The molecule has 6 nitrogen and oxygen atoms in total. The predicted molar refractivity (Wildman–Crippen MR) is 85.1 cm³/mol. The minimum Gasteiger partial charge on any atom is -0.366 e. The van der Waals surface area contributed by atoms with Crippen molar-refractivity contribution in [1.82, 2.24) is 9.29 Å². The van der Waals surface area contributed by atoms with Crippen molar-refractivity contribution in [3.05, 3.63) is 59.9 Å². The van der Waals surface area contributed by atoms with E-state index in [9.17, 15) is 13.2 Å². The minimum absolute atomic E-state index is 0.170. The molecule has 3 rings (SSSR count). The summed E-state index contributed by atoms with van der Waals surface area (Å²) < 4.78 is 27.3. The van der Waals surface area contributed by atoms with Gasteiger partial charge in [-0.05, 0) is 54.8 Å². The van der Waals surface area contributed by atoms with Crippen LogP contribution in [0.25, 0.3) is 0 Å². The number of nitrogens with two attached hydrogens (primary N) is 1. The van der Waals surface area contributed by atoms with Crippen molar-refractivity contribution in [3.8, 4) is 0 Å². The lowest BCUT2D eigenvalue weighted by molar-refractivity contribution is 0.1000. The molecular weight excluding hydrogens is 314 g/mol. The Morgan fingerprint density at radius 1 is 1.13 bits per heavy atom. The zero-order valence-corrected chi connectivity index (χ0v) is 13.2. The topological polar surface area (TPSA) is 93.4 Å². The van der Waals surface area contributed by atoms with Crippen LogP contribution in [0.4, 0.5) is 0 Å². The second-order valence-electron chi connectivity index (χ2n) is 5.44. The maximum Gasteiger partial charge on any atom is 0.248 e. The highest BCUT2D eigenvalue weighted by molar-refractivity contribution is 7.89. The summed E-state index contributed by atoms with van der Waals surface area (Å²) in [5.74, 6) is -0.579. The maximum atomic E-state index is 12.9. The van der Waals surface area contributed by atoms with E-state index in [1.54, 1.807) is 12.4 Å². The molecule has 0 bridgehead atoms. The van der Waals surface area contributed by atoms with Gasteiger partial charge in [-0.3, -0.25) is 9.78 Å². The highest BCUT2D eigenvalue weighted by Crippen LogP contribution is 2.36. The summed E-state index contributed by atoms with van der Waals surface area (Å²) in [5.41, 5.74) is 6.42. The SMILES string of the molecule is NC(=O)c1ccc(S(=O)(=O)N2CCCC2c2ccncc2)cc1. The fourth-order valence-electron chi connectivity index (χ4n) is 2.87. The molecule has 1 fully saturated rings. The molecular formula is C16H17N3O3S. The fraction of sp³-hybridized carbons (Fsp3) is 0.250. The van der Waals surface area contributed by atoms with Crippen molar-refractivity contribution in [1.29, 1.82) is 0 Å². The molecule has 1 amide bonds. The summed E-state index contributed by atoms with van der Waals surface area (Å²) in [5, 5.41) is 0. The van der Waals surface area contributed by atoms with Crippen LogP contribution in [0.5, 0.6) is 0 Å². The third kappa shape index (κ3) is 2.97. The Hall–Kier alpha value is -2.25. The van der Waals surface area contributed by atoms with Gasteiger partial charge < -0.3 is 5.73 Å². The van der Waals surface area contributed by atoms with Crippen molar-refractivity contribution in [3.63, 3.8) is 0 Å². The first kappa shape index (κ1) is 15.6. The van der Waals surface area contributed by atoms with Gasteiger partial charge in [-0.1, -0.05) is 0 Å². The predicted octanol–water partition coefficient (Wildman–Crippen LogP) is 1.71. The van der Waals surface area contributed by atoms with Crippen LogP contribution in [0.15, 0.2) is 53.7 Å². The Balaban J connectivity index is 1.93. The normalized spacial score (nSPS) is 18.9. The standard InChI is InChI=1S/C16H17N3O3S/c17-16(20)13-3-5-14(6-4-13)23(21,22)19-11-1-2-15(19)12-7-9-18-10-8-12/h3-10,15H,1-2,11H2,(H2,17,20). The smallest absolute Gasteiger partial charge is 0.248 e. The average Bonchev–Trinajstić information content (AvgIpc) is 3.06. The molecule has 2 N–H and O–H groups in total. The molecule has 1 aromatic heterocycles. The summed E-state index contributed by atoms with van der Waals surface area (Å²) in [6, 6.07) is 9.23. The van der Waals surface area contributed by atoms with Gasteiger partial charge in [-0.15, -0.1) is 0 Å². The first-order valence-corrected chi connectivity index (χ1v) is 8.76. The van der Waals surface area contributed by atoms with Crippen LogP contribution in [0.3, 0.4) is 0 Å². The lowest BCUT2D eigenvalue weighted by Crippen LogP contribution is -2.30. The number of benzene rings is 1. The third-order valence-corrected chi connectivity index (χ3v) is 5.96. The van der Waals surface area contributed by atoms with Crippen molar-refractivity contribution in [2.75, 3.05) is 6.54 Å². The fourth-order valence-corrected chi connectivity index (χ4v) is 4.56. The van der Waals surface area contributed by atoms with Gasteiger partial charge in [0.15, 0.2) is 0 Å². The van der Waals surface area contributed by atoms with Gasteiger partial charge in [0.25, 0.3) is 0 Å². The molecule has 1 aliphatic rings. The second kappa shape index (κ2) is 6.10. The Morgan fingerprint density at radius 3 is 2.39 bits per heavy atom. The average molecular weight is 331 g/mol. The van der Waals surface area contributed by atoms with Crippen LogP contribution < -0.4 is 5.73 Å². The number of nitrogens with zero attached hydrogens (tertiary/aromatic N) is 2. The summed E-state index contributed by atoms with van der Waals surface area (Å²) in [7, 11) is -3.62. The highest BCUT2D eigenvalue weighted by atomic mass is 32.2. The van der Waals surface area contributed by atoms with E-state index in [2.05, 4.69) is 4.98 Å². The summed E-state index contributed by atoms with van der Waals surface area (Å²) in [6.45, 7) is 0.479. The molecule has 2 aromatic rings. The number of pyridine rings is 1. The zero-order chi connectivity index (χ0) is 16.4. The van der Waals surface area contributed by atoms with Crippen LogP contribution in [-0.2, 0) is 10.0 Å². The van der Waals surface area contributed by atoms with E-state index in [1.807, 2.05) is 12.1 Å². The molecule has 120 valence electrons. The molecule has 0 saturated carbocycles. The van der Waals surface area contributed by atoms with E-state index >= 15 is 0 Å². The van der Waals surface area contributed by atoms with Crippen LogP contribution in [0.2, 0.25) is 0 Å². The number of sulfonamides is 1. The van der Waals surface area contributed by atoms with Crippen molar-refractivity contribution in [2.45, 2.75) is 23.8 Å². The molecule has 0 aliphatic carbocycles. The molecule has 1 saturated heterocycles. The molecule has 2 heterocycles. The van der Waals surface area contributed by atoms with E-state index < -0.39 is 15.9 Å². The number of rotatable bonds is 4. The Kier molecular flexibility index (Phi) is 4.14. The molecule has 1 unspecified atom stereocenters. The van der Waals surface area contributed by atoms with Gasteiger partial charge in [0.2, 0.25) is 15.9 Å². The largest absolute Gasteiger partial charge is 0.366 e. The lowest BCUT2D eigenvalue weighted by Gasteiger charge is -2.24. The highest BCUT2D eigenvalue weighted by Gasteiger charge is 2.36. The summed E-state index contributed by atoms with van der Waals surface area (Å²) >= 11 is 0. The Bertz CT molecular complexity index is 804. The first-order valence-electron chi connectivity index (χ1n) is 7.32. The number of amides is 1. The van der Waals surface area contributed by atoms with Crippen LogP contribution in [0.1, 0.15) is 34.8 Å². The van der Waals surface area contributed by atoms with Crippen molar-refractivity contribution in [2.24, 2.45) is 5.73 Å². The monoisotopic (exact) mass is 331 g/mol. The molecule has 23 heavy (non-hydrogen) atoms. The number of aromatic nitrogens is 1. The van der Waals surface area contributed by atoms with E-state index in [4.69, 9.17) is 5.73 Å². The molecule has 7 heteroatoms. The number of hydrogen-bond acceptors (Lipinski definition) is 4. The molecule has 1 aliphatic heterocycles. The van der Waals surface area contributed by atoms with Gasteiger partial charge in [0, 0.05) is 24.5 Å². The third-order valence-electron chi connectivity index (χ3n) is 4.04. The van der Waals surface area contributed by atoms with Crippen LogP contribution >= 0.6 is 0 Å². The van der Waals surface area contributed by atoms with Crippen LogP contribution in [-0.4, -0.2) is 30.2 Å². The van der Waals surface area contributed by atoms with Crippen molar-refractivity contribution >= 4 is 15.9 Å². The quantitative estimate of drug-likeness (QED) is 0.923. The Morgan fingerprint density at radius 2 is 1.78 bits per heavy atom. The van der Waals surface area contributed by atoms with Gasteiger partial charge in [0.1, 0.15) is 0 Å². The number of primary amides is 1. The van der Waals surface area contributed by atoms with Crippen molar-refractivity contribution < 1.29 is 13.2 Å². The Labute approximate surface area is 135 Å². The van der Waals surface area contributed by atoms with Gasteiger partial charge in [-0.25, -0.2) is 8.42 Å². The molecule has 0 radical (unpaired) electrons. The van der Waals surface area contributed by atoms with E-state index in [-0.39, 0.29) is 16.5 Å². The van der Waals surface area contributed by atoms with E-state index in [0.29, 0.717) is 6.54 Å². The van der Waals surface area contributed by atoms with E-state index in [0.717, 1.165) is 18.4 Å². The van der Waals surface area contributed by atoms with Gasteiger partial charge in [-0.2, -0.15) is 4.31 Å². The minimum atomic E-state index is -3.62. The number of hydrogen-bond donors (Lipinski definition) is 1.